The first-order valence-electron chi connectivity index (χ1n) is 8.88. The van der Waals surface area contributed by atoms with Crippen LogP contribution in [-0.4, -0.2) is 39.9 Å². The number of likely N-dealkylation sites (tertiary alicyclic amines) is 1. The van der Waals surface area contributed by atoms with E-state index < -0.39 is 0 Å². The molecule has 0 bridgehead atoms. The van der Waals surface area contributed by atoms with Crippen LogP contribution in [0.1, 0.15) is 37.2 Å². The molecule has 26 heavy (non-hydrogen) atoms. The van der Waals surface area contributed by atoms with Crippen molar-refractivity contribution in [3.8, 4) is 5.75 Å². The van der Waals surface area contributed by atoms with E-state index in [4.69, 9.17) is 0 Å². The van der Waals surface area contributed by atoms with Crippen LogP contribution in [0.2, 0.25) is 0 Å². The van der Waals surface area contributed by atoms with Crippen molar-refractivity contribution in [1.82, 2.24) is 9.88 Å². The highest BCUT2D eigenvalue weighted by molar-refractivity contribution is 5.93. The summed E-state index contributed by atoms with van der Waals surface area (Å²) < 4.78 is 0. The van der Waals surface area contributed by atoms with E-state index >= 15 is 0 Å². The number of anilines is 1. The van der Waals surface area contributed by atoms with Crippen LogP contribution in [-0.2, 0) is 9.59 Å². The number of nitrogens with one attached hydrogen (secondary N) is 1. The van der Waals surface area contributed by atoms with Crippen molar-refractivity contribution in [2.24, 2.45) is 0 Å². The molecule has 0 radical (unpaired) electrons. The summed E-state index contributed by atoms with van der Waals surface area (Å²) >= 11 is 0. The number of carbonyl (C=O) groups is 2. The monoisotopic (exact) mass is 353 g/mol. The van der Waals surface area contributed by atoms with E-state index in [0.29, 0.717) is 11.6 Å². The normalized spacial score (nSPS) is 14.8. The van der Waals surface area contributed by atoms with E-state index in [0.717, 1.165) is 25.9 Å². The zero-order valence-electron chi connectivity index (χ0n) is 14.6. The number of carbonyl (C=O) groups excluding carboxylic acids is 2. The van der Waals surface area contributed by atoms with Crippen LogP contribution < -0.4 is 5.32 Å². The summed E-state index contributed by atoms with van der Waals surface area (Å²) in [6, 6.07) is 10.4. The summed E-state index contributed by atoms with van der Waals surface area (Å²) in [6.45, 7) is 1.44. The van der Waals surface area contributed by atoms with Crippen molar-refractivity contribution in [2.75, 3.05) is 18.4 Å². The second kappa shape index (κ2) is 8.47. The van der Waals surface area contributed by atoms with Gasteiger partial charge >= 0.3 is 0 Å². The maximum absolute atomic E-state index is 12.3. The second-order valence-electron chi connectivity index (χ2n) is 6.53. The molecule has 0 aliphatic carbocycles. The number of rotatable bonds is 5. The maximum atomic E-state index is 12.3. The van der Waals surface area contributed by atoms with Crippen LogP contribution >= 0.6 is 0 Å². The summed E-state index contributed by atoms with van der Waals surface area (Å²) in [4.78, 5) is 30.2. The van der Waals surface area contributed by atoms with Gasteiger partial charge in [-0.15, -0.1) is 0 Å². The molecule has 6 nitrogen and oxygen atoms in total. The van der Waals surface area contributed by atoms with E-state index in [9.17, 15) is 14.7 Å². The van der Waals surface area contributed by atoms with Crippen molar-refractivity contribution in [3.05, 3.63) is 54.4 Å². The van der Waals surface area contributed by atoms with Gasteiger partial charge in [-0.05, 0) is 48.6 Å². The first kappa shape index (κ1) is 17.9. The molecule has 0 saturated carbocycles. The Bertz CT molecular complexity index is 756. The standard InChI is InChI=1S/C20H23N3O3/c24-18-3-1-2-17(14-18)22-19(25)4-5-20(26)23-12-8-16(9-13-23)15-6-10-21-11-7-15/h1-3,6-7,10-11,14,16,24H,4-5,8-9,12-13H2,(H,22,25). The quantitative estimate of drug-likeness (QED) is 0.866. The third-order valence-electron chi connectivity index (χ3n) is 4.72. The number of piperidine rings is 1. The van der Waals surface area contributed by atoms with Gasteiger partial charge in [0.1, 0.15) is 5.75 Å². The van der Waals surface area contributed by atoms with Gasteiger partial charge in [0.25, 0.3) is 0 Å². The number of hydrogen-bond donors (Lipinski definition) is 2. The SMILES string of the molecule is O=C(CCC(=O)N1CCC(c2ccncc2)CC1)Nc1cccc(O)c1. The Morgan fingerprint density at radius 3 is 2.54 bits per heavy atom. The molecule has 2 N–H and O–H groups in total. The van der Waals surface area contributed by atoms with Crippen molar-refractivity contribution >= 4 is 17.5 Å². The Labute approximate surface area is 152 Å². The summed E-state index contributed by atoms with van der Waals surface area (Å²) in [7, 11) is 0. The lowest BCUT2D eigenvalue weighted by Crippen LogP contribution is -2.38. The predicted octanol–water partition coefficient (Wildman–Crippen LogP) is 2.91. The summed E-state index contributed by atoms with van der Waals surface area (Å²) in [5, 5.41) is 12.1. The predicted molar refractivity (Wildman–Crippen MR) is 98.8 cm³/mol. The van der Waals surface area contributed by atoms with Crippen LogP contribution in [0.4, 0.5) is 5.69 Å². The van der Waals surface area contributed by atoms with Gasteiger partial charge in [-0.3, -0.25) is 14.6 Å². The van der Waals surface area contributed by atoms with Crippen LogP contribution in [0.25, 0.3) is 0 Å². The Balaban J connectivity index is 1.42. The minimum Gasteiger partial charge on any atom is -0.508 e. The molecular weight excluding hydrogens is 330 g/mol. The lowest BCUT2D eigenvalue weighted by molar-refractivity contribution is -0.133. The molecule has 1 aliphatic rings. The van der Waals surface area contributed by atoms with Crippen LogP contribution in [0, 0.1) is 0 Å². The molecule has 0 spiro atoms. The number of aromatic hydroxyl groups is 1. The molecule has 1 fully saturated rings. The Kier molecular flexibility index (Phi) is 5.84. The van der Waals surface area contributed by atoms with Gasteiger partial charge in [0.15, 0.2) is 0 Å². The number of amides is 2. The Hall–Kier alpha value is -2.89. The highest BCUT2D eigenvalue weighted by atomic mass is 16.3. The number of benzene rings is 1. The average molecular weight is 353 g/mol. The Morgan fingerprint density at radius 1 is 1.12 bits per heavy atom. The van der Waals surface area contributed by atoms with Gasteiger partial charge in [-0.1, -0.05) is 6.07 Å². The van der Waals surface area contributed by atoms with E-state index in [-0.39, 0.29) is 30.4 Å². The maximum Gasteiger partial charge on any atom is 0.224 e. The van der Waals surface area contributed by atoms with Crippen molar-refractivity contribution in [3.63, 3.8) is 0 Å². The topological polar surface area (TPSA) is 82.5 Å². The molecule has 0 atom stereocenters. The van der Waals surface area contributed by atoms with E-state index in [1.165, 1.54) is 17.7 Å². The number of phenolic OH excluding ortho intramolecular Hbond substituents is 1. The summed E-state index contributed by atoms with van der Waals surface area (Å²) in [6.07, 6.45) is 5.82. The third kappa shape index (κ3) is 4.81. The van der Waals surface area contributed by atoms with Crippen molar-refractivity contribution in [1.29, 1.82) is 0 Å². The van der Waals surface area contributed by atoms with Gasteiger partial charge in [0.05, 0.1) is 0 Å². The molecule has 1 aromatic heterocycles. The molecule has 6 heteroatoms. The highest BCUT2D eigenvalue weighted by Gasteiger charge is 2.23. The minimum absolute atomic E-state index is 0.0178. The van der Waals surface area contributed by atoms with Crippen LogP contribution in [0.15, 0.2) is 48.8 Å². The molecule has 1 aromatic carbocycles. The molecular formula is C20H23N3O3. The number of nitrogens with zero attached hydrogens (tertiary/aromatic N) is 2. The molecule has 0 unspecified atom stereocenters. The van der Waals surface area contributed by atoms with E-state index in [2.05, 4.69) is 10.3 Å². The molecule has 2 amide bonds. The lowest BCUT2D eigenvalue weighted by Gasteiger charge is -2.32. The van der Waals surface area contributed by atoms with Gasteiger partial charge in [0, 0.05) is 50.1 Å². The molecule has 1 saturated heterocycles. The average Bonchev–Trinajstić information content (AvgIpc) is 2.67. The highest BCUT2D eigenvalue weighted by Crippen LogP contribution is 2.27. The molecule has 2 aromatic rings. The molecule has 3 rings (SSSR count). The van der Waals surface area contributed by atoms with Crippen molar-refractivity contribution < 1.29 is 14.7 Å². The first-order chi connectivity index (χ1) is 12.6. The van der Waals surface area contributed by atoms with Crippen LogP contribution in [0.5, 0.6) is 5.75 Å². The first-order valence-corrected chi connectivity index (χ1v) is 8.88. The summed E-state index contributed by atoms with van der Waals surface area (Å²) in [5.41, 5.74) is 1.80. The van der Waals surface area contributed by atoms with Crippen molar-refractivity contribution in [2.45, 2.75) is 31.6 Å². The van der Waals surface area contributed by atoms with Gasteiger partial charge in [0.2, 0.25) is 11.8 Å². The molecule has 2 heterocycles. The number of pyridine rings is 1. The van der Waals surface area contributed by atoms with Gasteiger partial charge in [-0.2, -0.15) is 0 Å². The Morgan fingerprint density at radius 2 is 1.85 bits per heavy atom. The largest absolute Gasteiger partial charge is 0.508 e. The molecule has 136 valence electrons. The lowest BCUT2D eigenvalue weighted by atomic mass is 9.90. The summed E-state index contributed by atoms with van der Waals surface area (Å²) in [5.74, 6) is 0.354. The van der Waals surface area contributed by atoms with E-state index in [1.807, 2.05) is 17.0 Å². The van der Waals surface area contributed by atoms with Gasteiger partial charge < -0.3 is 15.3 Å². The fourth-order valence-corrected chi connectivity index (χ4v) is 3.28. The zero-order valence-corrected chi connectivity index (χ0v) is 14.6. The minimum atomic E-state index is -0.226. The zero-order chi connectivity index (χ0) is 18.4. The smallest absolute Gasteiger partial charge is 0.224 e. The third-order valence-corrected chi connectivity index (χ3v) is 4.72. The van der Waals surface area contributed by atoms with Crippen LogP contribution in [0.3, 0.4) is 0 Å². The number of hydrogen-bond acceptors (Lipinski definition) is 4. The second-order valence-corrected chi connectivity index (χ2v) is 6.53. The fourth-order valence-electron chi connectivity index (χ4n) is 3.28. The van der Waals surface area contributed by atoms with E-state index in [1.54, 1.807) is 24.5 Å². The number of aromatic nitrogens is 1. The molecule has 1 aliphatic heterocycles. The number of phenols is 1. The fraction of sp³-hybridized carbons (Fsp3) is 0.350. The van der Waals surface area contributed by atoms with Gasteiger partial charge in [-0.25, -0.2) is 0 Å².